The van der Waals surface area contributed by atoms with Gasteiger partial charge in [-0.3, -0.25) is 4.68 Å². The lowest BCUT2D eigenvalue weighted by Crippen LogP contribution is -2.18. The molecule has 0 aliphatic rings. The van der Waals surface area contributed by atoms with E-state index in [-0.39, 0.29) is 4.83 Å². The molecule has 13 heavy (non-hydrogen) atoms. The van der Waals surface area contributed by atoms with E-state index in [4.69, 9.17) is 0 Å². The molecule has 0 fully saturated rings. The van der Waals surface area contributed by atoms with Crippen LogP contribution in [-0.2, 0) is 6.54 Å². The highest BCUT2D eigenvalue weighted by atomic mass is 79.9. The van der Waals surface area contributed by atoms with Crippen LogP contribution < -0.4 is 0 Å². The Bertz CT molecular complexity index is 256. The highest BCUT2D eigenvalue weighted by Gasteiger charge is 2.05. The summed E-state index contributed by atoms with van der Waals surface area (Å²) >= 11 is 3.45. The van der Waals surface area contributed by atoms with Crippen LogP contribution in [0, 0.1) is 0 Å². The number of alkyl halides is 1. The highest BCUT2D eigenvalue weighted by molar-refractivity contribution is 9.09. The summed E-state index contributed by atoms with van der Waals surface area (Å²) in [7, 11) is 4.09. The Morgan fingerprint density at radius 2 is 2.31 bits per heavy atom. The molecule has 0 aliphatic heterocycles. The van der Waals surface area contributed by atoms with E-state index in [1.807, 2.05) is 31.9 Å². The largest absolute Gasteiger partial charge is 0.308 e. The lowest BCUT2D eigenvalue weighted by Gasteiger charge is -2.07. The summed E-state index contributed by atoms with van der Waals surface area (Å²) in [5.74, 6) is 0. The topological polar surface area (TPSA) is 34.0 Å². The second kappa shape index (κ2) is 4.72. The van der Waals surface area contributed by atoms with Gasteiger partial charge in [0.15, 0.2) is 0 Å². The monoisotopic (exact) mass is 246 g/mol. The maximum absolute atomic E-state index is 4.04. The summed E-state index contributed by atoms with van der Waals surface area (Å²) < 4.78 is 1.87. The van der Waals surface area contributed by atoms with Crippen LogP contribution >= 0.6 is 15.9 Å². The van der Waals surface area contributed by atoms with E-state index in [1.54, 1.807) is 0 Å². The molecular weight excluding hydrogens is 232 g/mol. The molecule has 0 saturated carbocycles. The quantitative estimate of drug-likeness (QED) is 0.752. The third kappa shape index (κ3) is 3.44. The first-order valence-electron chi connectivity index (χ1n) is 4.28. The molecular formula is C8H15BrN4. The van der Waals surface area contributed by atoms with Crippen LogP contribution in [0.15, 0.2) is 6.20 Å². The third-order valence-electron chi connectivity index (χ3n) is 1.74. The lowest BCUT2D eigenvalue weighted by molar-refractivity contribution is 0.370. The van der Waals surface area contributed by atoms with Crippen molar-refractivity contribution in [3.63, 3.8) is 0 Å². The van der Waals surface area contributed by atoms with E-state index in [0.29, 0.717) is 0 Å². The Balaban J connectivity index is 2.49. The predicted molar refractivity (Wildman–Crippen MR) is 55.9 cm³/mol. The minimum Gasteiger partial charge on any atom is -0.308 e. The van der Waals surface area contributed by atoms with E-state index in [0.717, 1.165) is 18.8 Å². The van der Waals surface area contributed by atoms with Crippen molar-refractivity contribution in [1.82, 2.24) is 19.9 Å². The van der Waals surface area contributed by atoms with Crippen molar-refractivity contribution in [1.29, 1.82) is 0 Å². The Labute approximate surface area is 87.0 Å². The SMILES string of the molecule is CC(Br)c1cn(CCN(C)C)nn1. The fourth-order valence-electron chi connectivity index (χ4n) is 0.907. The molecule has 4 nitrogen and oxygen atoms in total. The van der Waals surface area contributed by atoms with E-state index >= 15 is 0 Å². The van der Waals surface area contributed by atoms with Gasteiger partial charge in [0, 0.05) is 12.7 Å². The fraction of sp³-hybridized carbons (Fsp3) is 0.750. The number of hydrogen-bond donors (Lipinski definition) is 0. The molecule has 0 N–H and O–H groups in total. The number of rotatable bonds is 4. The number of nitrogens with zero attached hydrogens (tertiary/aromatic N) is 4. The van der Waals surface area contributed by atoms with Gasteiger partial charge in [0.2, 0.25) is 0 Å². The van der Waals surface area contributed by atoms with Gasteiger partial charge in [-0.15, -0.1) is 5.10 Å². The average molecular weight is 247 g/mol. The fourth-order valence-corrected chi connectivity index (χ4v) is 1.12. The standard InChI is InChI=1S/C8H15BrN4/c1-7(9)8-6-13(11-10-8)5-4-12(2)3/h6-7H,4-5H2,1-3H3. The zero-order chi connectivity index (χ0) is 9.84. The molecule has 1 atom stereocenters. The molecule has 0 saturated heterocycles. The van der Waals surface area contributed by atoms with Gasteiger partial charge >= 0.3 is 0 Å². The minimum absolute atomic E-state index is 0.278. The maximum atomic E-state index is 4.04. The number of likely N-dealkylation sites (N-methyl/N-ethyl adjacent to an activating group) is 1. The predicted octanol–water partition coefficient (Wildman–Crippen LogP) is 1.30. The molecule has 0 radical (unpaired) electrons. The van der Waals surface area contributed by atoms with Gasteiger partial charge < -0.3 is 4.90 Å². The van der Waals surface area contributed by atoms with Gasteiger partial charge in [-0.25, -0.2) is 0 Å². The Kier molecular flexibility index (Phi) is 3.87. The van der Waals surface area contributed by atoms with Crippen LogP contribution in [-0.4, -0.2) is 40.5 Å². The highest BCUT2D eigenvalue weighted by Crippen LogP contribution is 2.17. The molecule has 0 bridgehead atoms. The van der Waals surface area contributed by atoms with Crippen LogP contribution in [0.3, 0.4) is 0 Å². The molecule has 1 aromatic heterocycles. The molecule has 0 amide bonds. The normalized spacial score (nSPS) is 13.6. The first-order chi connectivity index (χ1) is 6.09. The van der Waals surface area contributed by atoms with Crippen molar-refractivity contribution in [3.05, 3.63) is 11.9 Å². The molecule has 74 valence electrons. The maximum Gasteiger partial charge on any atom is 0.0960 e. The zero-order valence-corrected chi connectivity index (χ0v) is 9.82. The van der Waals surface area contributed by atoms with E-state index in [2.05, 4.69) is 31.1 Å². The van der Waals surface area contributed by atoms with Crippen LogP contribution in [0.2, 0.25) is 0 Å². The first-order valence-corrected chi connectivity index (χ1v) is 5.20. The second-order valence-corrected chi connectivity index (χ2v) is 4.70. The average Bonchev–Trinajstić information content (AvgIpc) is 2.48. The molecule has 5 heteroatoms. The summed E-state index contributed by atoms with van der Waals surface area (Å²) in [6.07, 6.45) is 1.98. The summed E-state index contributed by atoms with van der Waals surface area (Å²) in [5.41, 5.74) is 0.985. The van der Waals surface area contributed by atoms with Gasteiger partial charge in [-0.05, 0) is 21.0 Å². The van der Waals surface area contributed by atoms with Gasteiger partial charge in [0.05, 0.1) is 17.1 Å². The lowest BCUT2D eigenvalue weighted by atomic mass is 10.4. The van der Waals surface area contributed by atoms with E-state index in [9.17, 15) is 0 Å². The molecule has 1 aromatic rings. The minimum atomic E-state index is 0.278. The summed E-state index contributed by atoms with van der Waals surface area (Å²) in [6, 6.07) is 0. The van der Waals surface area contributed by atoms with Crippen molar-refractivity contribution in [3.8, 4) is 0 Å². The van der Waals surface area contributed by atoms with Crippen LogP contribution in [0.4, 0.5) is 0 Å². The van der Waals surface area contributed by atoms with E-state index in [1.165, 1.54) is 0 Å². The Hall–Kier alpha value is -0.420. The number of halogens is 1. The molecule has 1 unspecified atom stereocenters. The number of aromatic nitrogens is 3. The van der Waals surface area contributed by atoms with Crippen molar-refractivity contribution < 1.29 is 0 Å². The van der Waals surface area contributed by atoms with Crippen molar-refractivity contribution in [2.24, 2.45) is 0 Å². The molecule has 1 heterocycles. The molecule has 0 aromatic carbocycles. The van der Waals surface area contributed by atoms with Crippen LogP contribution in [0.5, 0.6) is 0 Å². The Morgan fingerprint density at radius 1 is 1.62 bits per heavy atom. The van der Waals surface area contributed by atoms with Gasteiger partial charge in [0.1, 0.15) is 0 Å². The van der Waals surface area contributed by atoms with Gasteiger partial charge in [-0.2, -0.15) is 0 Å². The van der Waals surface area contributed by atoms with Crippen LogP contribution in [0.1, 0.15) is 17.4 Å². The molecule has 0 spiro atoms. The second-order valence-electron chi connectivity index (χ2n) is 3.33. The van der Waals surface area contributed by atoms with Crippen molar-refractivity contribution in [2.45, 2.75) is 18.3 Å². The third-order valence-corrected chi connectivity index (χ3v) is 2.21. The smallest absolute Gasteiger partial charge is 0.0960 e. The number of hydrogen-bond acceptors (Lipinski definition) is 3. The first kappa shape index (κ1) is 10.7. The van der Waals surface area contributed by atoms with Crippen molar-refractivity contribution in [2.75, 3.05) is 20.6 Å². The van der Waals surface area contributed by atoms with E-state index < -0.39 is 0 Å². The Morgan fingerprint density at radius 3 is 2.77 bits per heavy atom. The van der Waals surface area contributed by atoms with Gasteiger partial charge in [-0.1, -0.05) is 21.1 Å². The summed E-state index contributed by atoms with van der Waals surface area (Å²) in [6.45, 7) is 3.92. The zero-order valence-electron chi connectivity index (χ0n) is 8.24. The van der Waals surface area contributed by atoms with Gasteiger partial charge in [0.25, 0.3) is 0 Å². The molecule has 1 rings (SSSR count). The van der Waals surface area contributed by atoms with Crippen LogP contribution in [0.25, 0.3) is 0 Å². The summed E-state index contributed by atoms with van der Waals surface area (Å²) in [4.78, 5) is 2.40. The summed E-state index contributed by atoms with van der Waals surface area (Å²) in [5, 5.41) is 8.06. The van der Waals surface area contributed by atoms with Crippen molar-refractivity contribution >= 4 is 15.9 Å². The molecule has 0 aliphatic carbocycles.